The van der Waals surface area contributed by atoms with Crippen molar-refractivity contribution in [3.8, 4) is 0 Å². The van der Waals surface area contributed by atoms with Crippen LogP contribution in [0.2, 0.25) is 0 Å². The summed E-state index contributed by atoms with van der Waals surface area (Å²) in [5.74, 6) is -1.15. The van der Waals surface area contributed by atoms with Crippen molar-refractivity contribution in [1.29, 1.82) is 0 Å². The maximum atomic E-state index is 13.0. The molecule has 0 fully saturated rings. The third-order valence-electron chi connectivity index (χ3n) is 3.51. The minimum absolute atomic E-state index is 0.0738. The SMILES string of the molecule is COC(=O)CCCC[C@@H](C(=O)OC(C)(C)C)N(C(=O)OC(C)(C)C)C(=O)OC(C)(C)C. The van der Waals surface area contributed by atoms with Gasteiger partial charge in [-0.15, -0.1) is 0 Å². The molecule has 31 heavy (non-hydrogen) atoms. The fraction of sp³-hybridized carbons (Fsp3) is 0.818. The molecule has 0 aromatic carbocycles. The Morgan fingerprint density at radius 2 is 1.13 bits per heavy atom. The van der Waals surface area contributed by atoms with Crippen LogP contribution in [0, 0.1) is 0 Å². The summed E-state index contributed by atoms with van der Waals surface area (Å²) in [6, 6.07) is -1.28. The standard InChI is InChI=1S/C22H39NO8/c1-20(2,3)29-17(25)15(13-11-12-14-16(24)28-10)23(18(26)30-21(4,5)6)19(27)31-22(7,8)9/h15H,11-14H2,1-10H3/t15-/m0/s1. The molecule has 0 rings (SSSR count). The smallest absolute Gasteiger partial charge is 0.420 e. The number of hydrogen-bond donors (Lipinski definition) is 0. The summed E-state index contributed by atoms with van der Waals surface area (Å²) in [6.45, 7) is 15.0. The molecule has 0 spiro atoms. The van der Waals surface area contributed by atoms with E-state index in [1.54, 1.807) is 62.3 Å². The molecule has 0 aliphatic rings. The van der Waals surface area contributed by atoms with Gasteiger partial charge in [-0.2, -0.15) is 4.90 Å². The van der Waals surface area contributed by atoms with Crippen LogP contribution in [0.3, 0.4) is 0 Å². The minimum Gasteiger partial charge on any atom is -0.469 e. The number of ether oxygens (including phenoxy) is 4. The largest absolute Gasteiger partial charge is 0.469 e. The zero-order chi connectivity index (χ0) is 24.6. The van der Waals surface area contributed by atoms with E-state index in [1.807, 2.05) is 0 Å². The molecule has 9 nitrogen and oxygen atoms in total. The molecule has 0 aromatic heterocycles. The average molecular weight is 446 g/mol. The van der Waals surface area contributed by atoms with Crippen molar-refractivity contribution in [2.24, 2.45) is 0 Å². The monoisotopic (exact) mass is 445 g/mol. The number of methoxy groups -OCH3 is 1. The summed E-state index contributed by atoms with van der Waals surface area (Å²) < 4.78 is 20.8. The van der Waals surface area contributed by atoms with Crippen molar-refractivity contribution in [2.45, 2.75) is 111 Å². The van der Waals surface area contributed by atoms with Gasteiger partial charge in [0.15, 0.2) is 0 Å². The summed E-state index contributed by atoms with van der Waals surface area (Å²) >= 11 is 0. The van der Waals surface area contributed by atoms with Gasteiger partial charge >= 0.3 is 24.1 Å². The normalized spacial score (nSPS) is 13.1. The van der Waals surface area contributed by atoms with Gasteiger partial charge < -0.3 is 18.9 Å². The fourth-order valence-electron chi connectivity index (χ4n) is 2.38. The van der Waals surface area contributed by atoms with Crippen LogP contribution in [-0.4, -0.2) is 59.0 Å². The van der Waals surface area contributed by atoms with Crippen molar-refractivity contribution >= 4 is 24.1 Å². The van der Waals surface area contributed by atoms with Crippen molar-refractivity contribution in [3.05, 3.63) is 0 Å². The lowest BCUT2D eigenvalue weighted by Gasteiger charge is -2.33. The van der Waals surface area contributed by atoms with E-state index in [0.29, 0.717) is 17.7 Å². The van der Waals surface area contributed by atoms with Crippen molar-refractivity contribution in [1.82, 2.24) is 4.90 Å². The predicted molar refractivity (Wildman–Crippen MR) is 114 cm³/mol. The van der Waals surface area contributed by atoms with E-state index >= 15 is 0 Å². The number of nitrogens with zero attached hydrogens (tertiary/aromatic N) is 1. The number of amides is 2. The number of unbranched alkanes of at least 4 members (excludes halogenated alkanes) is 1. The first-order chi connectivity index (χ1) is 13.9. The molecule has 0 heterocycles. The number of rotatable bonds is 7. The van der Waals surface area contributed by atoms with Crippen LogP contribution >= 0.6 is 0 Å². The Morgan fingerprint density at radius 3 is 1.48 bits per heavy atom. The van der Waals surface area contributed by atoms with Crippen LogP contribution in [0.5, 0.6) is 0 Å². The van der Waals surface area contributed by atoms with Gasteiger partial charge in [0.05, 0.1) is 7.11 Å². The van der Waals surface area contributed by atoms with Gasteiger partial charge in [0, 0.05) is 6.42 Å². The second kappa shape index (κ2) is 11.3. The molecule has 0 radical (unpaired) electrons. The Hall–Kier alpha value is -2.32. The van der Waals surface area contributed by atoms with Crippen LogP contribution in [0.4, 0.5) is 9.59 Å². The van der Waals surface area contributed by atoms with Gasteiger partial charge in [-0.1, -0.05) is 6.42 Å². The predicted octanol–water partition coefficient (Wildman–Crippen LogP) is 4.60. The molecule has 0 saturated heterocycles. The highest BCUT2D eigenvalue weighted by Crippen LogP contribution is 2.22. The van der Waals surface area contributed by atoms with Crippen LogP contribution < -0.4 is 0 Å². The summed E-state index contributed by atoms with van der Waals surface area (Å²) in [7, 11) is 1.29. The quantitative estimate of drug-likeness (QED) is 0.318. The van der Waals surface area contributed by atoms with E-state index in [1.165, 1.54) is 7.11 Å². The van der Waals surface area contributed by atoms with E-state index in [-0.39, 0.29) is 18.8 Å². The molecule has 0 N–H and O–H groups in total. The molecule has 0 aromatic rings. The summed E-state index contributed by atoms with van der Waals surface area (Å²) in [5, 5.41) is 0. The lowest BCUT2D eigenvalue weighted by atomic mass is 10.1. The second-order valence-corrected chi connectivity index (χ2v) is 10.2. The van der Waals surface area contributed by atoms with E-state index in [0.717, 1.165) is 0 Å². The van der Waals surface area contributed by atoms with Gasteiger partial charge in [-0.3, -0.25) is 4.79 Å². The molecule has 0 unspecified atom stereocenters. The van der Waals surface area contributed by atoms with Crippen molar-refractivity contribution < 1.29 is 38.1 Å². The highest BCUT2D eigenvalue weighted by molar-refractivity contribution is 5.94. The van der Waals surface area contributed by atoms with Gasteiger partial charge in [0.1, 0.15) is 22.8 Å². The maximum absolute atomic E-state index is 13.0. The summed E-state index contributed by atoms with van der Waals surface area (Å²) in [4.78, 5) is 50.8. The minimum atomic E-state index is -1.28. The van der Waals surface area contributed by atoms with E-state index in [9.17, 15) is 19.2 Å². The number of hydrogen-bond acceptors (Lipinski definition) is 8. The van der Waals surface area contributed by atoms with Crippen molar-refractivity contribution in [2.75, 3.05) is 7.11 Å². The first kappa shape index (κ1) is 28.7. The molecule has 180 valence electrons. The molecule has 2 amide bonds. The third-order valence-corrected chi connectivity index (χ3v) is 3.51. The number of carbonyl (C=O) groups excluding carboxylic acids is 4. The zero-order valence-electron chi connectivity index (χ0n) is 20.6. The topological polar surface area (TPSA) is 108 Å². The Bertz CT molecular complexity index is 609. The highest BCUT2D eigenvalue weighted by Gasteiger charge is 2.41. The lowest BCUT2D eigenvalue weighted by molar-refractivity contribution is -0.161. The number of carbonyl (C=O) groups is 4. The molecule has 0 bridgehead atoms. The Labute approximate surface area is 185 Å². The molecular formula is C22H39NO8. The first-order valence-corrected chi connectivity index (χ1v) is 10.4. The third kappa shape index (κ3) is 12.9. The van der Waals surface area contributed by atoms with Crippen LogP contribution in [0.25, 0.3) is 0 Å². The van der Waals surface area contributed by atoms with Gasteiger partial charge in [-0.05, 0) is 75.2 Å². The molecule has 9 heteroatoms. The average Bonchev–Trinajstić information content (AvgIpc) is 2.51. The second-order valence-electron chi connectivity index (χ2n) is 10.2. The van der Waals surface area contributed by atoms with Crippen LogP contribution in [0.15, 0.2) is 0 Å². The Balaban J connectivity index is 5.90. The lowest BCUT2D eigenvalue weighted by Crippen LogP contribution is -2.53. The summed E-state index contributed by atoms with van der Waals surface area (Å²) in [5.41, 5.74) is -2.64. The van der Waals surface area contributed by atoms with E-state index in [4.69, 9.17) is 14.2 Å². The molecule has 0 aliphatic heterocycles. The molecule has 0 aliphatic carbocycles. The van der Waals surface area contributed by atoms with Gasteiger partial charge in [0.2, 0.25) is 0 Å². The number of esters is 2. The number of imide groups is 1. The first-order valence-electron chi connectivity index (χ1n) is 10.4. The molecule has 0 saturated carbocycles. The van der Waals surface area contributed by atoms with Crippen LogP contribution in [-0.2, 0) is 28.5 Å². The molecule has 1 atom stereocenters. The van der Waals surface area contributed by atoms with Gasteiger partial charge in [0.25, 0.3) is 0 Å². The van der Waals surface area contributed by atoms with Crippen molar-refractivity contribution in [3.63, 3.8) is 0 Å². The van der Waals surface area contributed by atoms with E-state index < -0.39 is 41.0 Å². The summed E-state index contributed by atoms with van der Waals surface area (Å²) in [6.07, 6.45) is -1.03. The Morgan fingerprint density at radius 1 is 0.710 bits per heavy atom. The highest BCUT2D eigenvalue weighted by atomic mass is 16.6. The molecular weight excluding hydrogens is 406 g/mol. The van der Waals surface area contributed by atoms with Crippen LogP contribution in [0.1, 0.15) is 88.0 Å². The maximum Gasteiger partial charge on any atom is 0.420 e. The van der Waals surface area contributed by atoms with E-state index in [2.05, 4.69) is 4.74 Å². The zero-order valence-corrected chi connectivity index (χ0v) is 20.6. The van der Waals surface area contributed by atoms with Gasteiger partial charge in [-0.25, -0.2) is 14.4 Å². The Kier molecular flexibility index (Phi) is 10.5. The fourth-order valence-corrected chi connectivity index (χ4v) is 2.38.